The highest BCUT2D eigenvalue weighted by atomic mass is 19.4. The summed E-state index contributed by atoms with van der Waals surface area (Å²) in [5.41, 5.74) is 1.28. The third kappa shape index (κ3) is 3.46. The number of hydrogen-bond acceptors (Lipinski definition) is 3. The van der Waals surface area contributed by atoms with Crippen LogP contribution in [0, 0.1) is 11.8 Å². The molecule has 0 spiro atoms. The molecule has 6 heteroatoms. The molecule has 3 atom stereocenters. The van der Waals surface area contributed by atoms with Crippen LogP contribution < -0.4 is 10.1 Å². The zero-order valence-corrected chi connectivity index (χ0v) is 14.1. The van der Waals surface area contributed by atoms with Crippen LogP contribution in [0.2, 0.25) is 0 Å². The van der Waals surface area contributed by atoms with Crippen molar-refractivity contribution >= 4 is 5.69 Å². The lowest BCUT2D eigenvalue weighted by atomic mass is 9.71. The van der Waals surface area contributed by atoms with Gasteiger partial charge in [0.25, 0.3) is 0 Å². The van der Waals surface area contributed by atoms with Gasteiger partial charge < -0.3 is 14.8 Å². The molecule has 3 nitrogen and oxygen atoms in total. The summed E-state index contributed by atoms with van der Waals surface area (Å²) in [6.45, 7) is 0.669. The van der Waals surface area contributed by atoms with E-state index in [2.05, 4.69) is 10.1 Å². The van der Waals surface area contributed by atoms with E-state index in [4.69, 9.17) is 4.74 Å². The first kappa shape index (κ1) is 17.0. The van der Waals surface area contributed by atoms with Gasteiger partial charge in [0, 0.05) is 24.1 Å². The number of para-hydroxylation sites is 1. The Hall–Kier alpha value is -1.43. The van der Waals surface area contributed by atoms with E-state index in [1.165, 1.54) is 25.3 Å². The SMILES string of the molecule is FC(F)(F)Oc1cccc2c1N[C@H](C1CCCCC1)[C@@H]1CCCO[C@H]21. The fraction of sp³-hybridized carbons (Fsp3) is 0.684. The van der Waals surface area contributed by atoms with Crippen molar-refractivity contribution in [3.63, 3.8) is 0 Å². The van der Waals surface area contributed by atoms with E-state index in [0.29, 0.717) is 24.1 Å². The van der Waals surface area contributed by atoms with Gasteiger partial charge in [-0.1, -0.05) is 31.4 Å². The second-order valence-electron chi connectivity index (χ2n) is 7.43. The topological polar surface area (TPSA) is 30.5 Å². The van der Waals surface area contributed by atoms with Gasteiger partial charge in [-0.15, -0.1) is 13.2 Å². The fourth-order valence-corrected chi connectivity index (χ4v) is 4.88. The highest BCUT2D eigenvalue weighted by Gasteiger charge is 2.44. The molecule has 25 heavy (non-hydrogen) atoms. The van der Waals surface area contributed by atoms with Crippen LogP contribution in [0.1, 0.15) is 56.6 Å². The average Bonchev–Trinajstić information content (AvgIpc) is 2.61. The quantitative estimate of drug-likeness (QED) is 0.768. The standard InChI is InChI=1S/C19H24F3NO2/c20-19(21,22)25-15-10-4-8-14-17(15)23-16(12-6-2-1-3-7-12)13-9-5-11-24-18(13)14/h4,8,10,12-13,16,18,23H,1-3,5-7,9,11H2/t13-,16+,18-/m0/s1. The number of rotatable bonds is 2. The van der Waals surface area contributed by atoms with Gasteiger partial charge in [0.2, 0.25) is 0 Å². The summed E-state index contributed by atoms with van der Waals surface area (Å²) in [7, 11) is 0. The Bertz CT molecular complexity index is 613. The summed E-state index contributed by atoms with van der Waals surface area (Å²) in [5, 5.41) is 3.45. The molecule has 2 aliphatic heterocycles. The third-order valence-corrected chi connectivity index (χ3v) is 5.89. The van der Waals surface area contributed by atoms with Crippen molar-refractivity contribution in [3.8, 4) is 5.75 Å². The third-order valence-electron chi connectivity index (χ3n) is 5.89. The summed E-state index contributed by atoms with van der Waals surface area (Å²) >= 11 is 0. The van der Waals surface area contributed by atoms with Crippen LogP contribution >= 0.6 is 0 Å². The van der Waals surface area contributed by atoms with E-state index < -0.39 is 6.36 Å². The Morgan fingerprint density at radius 1 is 1.04 bits per heavy atom. The smallest absolute Gasteiger partial charge is 0.404 e. The molecule has 1 saturated heterocycles. The van der Waals surface area contributed by atoms with Crippen molar-refractivity contribution in [2.75, 3.05) is 11.9 Å². The summed E-state index contributed by atoms with van der Waals surface area (Å²) in [6.07, 6.45) is 3.19. The minimum Gasteiger partial charge on any atom is -0.404 e. The molecule has 0 bridgehead atoms. The fourth-order valence-electron chi connectivity index (χ4n) is 4.88. The summed E-state index contributed by atoms with van der Waals surface area (Å²) in [6, 6.07) is 5.04. The molecule has 2 fully saturated rings. The zero-order valence-electron chi connectivity index (χ0n) is 14.1. The van der Waals surface area contributed by atoms with E-state index >= 15 is 0 Å². The molecule has 0 amide bonds. The van der Waals surface area contributed by atoms with Gasteiger partial charge in [-0.3, -0.25) is 0 Å². The molecular weight excluding hydrogens is 331 g/mol. The van der Waals surface area contributed by atoms with E-state index in [9.17, 15) is 13.2 Å². The largest absolute Gasteiger partial charge is 0.573 e. The van der Waals surface area contributed by atoms with E-state index in [1.54, 1.807) is 6.07 Å². The van der Waals surface area contributed by atoms with E-state index in [-0.39, 0.29) is 17.9 Å². The Morgan fingerprint density at radius 2 is 1.84 bits per heavy atom. The van der Waals surface area contributed by atoms with Crippen LogP contribution in [0.5, 0.6) is 5.75 Å². The first-order valence-electron chi connectivity index (χ1n) is 9.30. The highest BCUT2D eigenvalue weighted by Crippen LogP contribution is 2.50. The lowest BCUT2D eigenvalue weighted by Crippen LogP contribution is -2.46. The van der Waals surface area contributed by atoms with Crippen molar-refractivity contribution in [2.24, 2.45) is 11.8 Å². The maximum absolute atomic E-state index is 12.8. The van der Waals surface area contributed by atoms with Crippen LogP contribution in [0.3, 0.4) is 0 Å². The zero-order chi connectivity index (χ0) is 17.4. The maximum Gasteiger partial charge on any atom is 0.573 e. The normalized spacial score (nSPS) is 30.1. The van der Waals surface area contributed by atoms with Crippen molar-refractivity contribution in [3.05, 3.63) is 23.8 Å². The number of benzene rings is 1. The lowest BCUT2D eigenvalue weighted by molar-refractivity contribution is -0.274. The first-order valence-corrected chi connectivity index (χ1v) is 9.30. The molecule has 1 aromatic rings. The number of nitrogens with one attached hydrogen (secondary N) is 1. The van der Waals surface area contributed by atoms with E-state index in [0.717, 1.165) is 31.2 Å². The van der Waals surface area contributed by atoms with E-state index in [1.807, 2.05) is 6.07 Å². The maximum atomic E-state index is 12.8. The highest BCUT2D eigenvalue weighted by molar-refractivity contribution is 5.65. The molecule has 138 valence electrons. The van der Waals surface area contributed by atoms with Crippen LogP contribution in [0.25, 0.3) is 0 Å². The number of halogens is 3. The monoisotopic (exact) mass is 355 g/mol. The summed E-state index contributed by atoms with van der Waals surface area (Å²) in [4.78, 5) is 0. The van der Waals surface area contributed by atoms with Gasteiger partial charge in [-0.05, 0) is 37.7 Å². The Labute approximate surface area is 145 Å². The molecule has 0 unspecified atom stereocenters. The van der Waals surface area contributed by atoms with Crippen molar-refractivity contribution < 1.29 is 22.6 Å². The van der Waals surface area contributed by atoms with Crippen LogP contribution in [-0.4, -0.2) is 19.0 Å². The molecule has 1 aromatic carbocycles. The van der Waals surface area contributed by atoms with Crippen LogP contribution in [0.15, 0.2) is 18.2 Å². The van der Waals surface area contributed by atoms with Gasteiger partial charge >= 0.3 is 6.36 Å². The van der Waals surface area contributed by atoms with Gasteiger partial charge in [0.15, 0.2) is 5.75 Å². The second-order valence-corrected chi connectivity index (χ2v) is 7.43. The minimum absolute atomic E-state index is 0.131. The summed E-state index contributed by atoms with van der Waals surface area (Å²) in [5.74, 6) is 0.680. The number of hydrogen-bond donors (Lipinski definition) is 1. The predicted octanol–water partition coefficient (Wildman–Crippen LogP) is 5.43. The minimum atomic E-state index is -4.69. The summed E-state index contributed by atoms with van der Waals surface area (Å²) < 4.78 is 48.8. The molecule has 1 N–H and O–H groups in total. The van der Waals surface area contributed by atoms with Gasteiger partial charge in [-0.2, -0.15) is 0 Å². The lowest BCUT2D eigenvalue weighted by Gasteiger charge is -2.47. The van der Waals surface area contributed by atoms with Gasteiger partial charge in [0.05, 0.1) is 11.8 Å². The number of alkyl halides is 3. The van der Waals surface area contributed by atoms with Gasteiger partial charge in [0.1, 0.15) is 0 Å². The van der Waals surface area contributed by atoms with Crippen molar-refractivity contribution in [2.45, 2.75) is 63.5 Å². The Balaban J connectivity index is 1.70. The molecule has 0 aromatic heterocycles. The molecule has 3 aliphatic rings. The van der Waals surface area contributed by atoms with Crippen LogP contribution in [-0.2, 0) is 4.74 Å². The van der Waals surface area contributed by atoms with Crippen molar-refractivity contribution in [1.29, 1.82) is 0 Å². The van der Waals surface area contributed by atoms with Crippen molar-refractivity contribution in [1.82, 2.24) is 0 Å². The Morgan fingerprint density at radius 3 is 2.60 bits per heavy atom. The predicted molar refractivity (Wildman–Crippen MR) is 88.5 cm³/mol. The molecule has 1 saturated carbocycles. The second kappa shape index (κ2) is 6.71. The van der Waals surface area contributed by atoms with Gasteiger partial charge in [-0.25, -0.2) is 0 Å². The number of ether oxygens (including phenoxy) is 2. The molecule has 0 radical (unpaired) electrons. The number of fused-ring (bicyclic) bond motifs is 3. The Kier molecular flexibility index (Phi) is 4.56. The van der Waals surface area contributed by atoms with Crippen LogP contribution in [0.4, 0.5) is 18.9 Å². The molecule has 2 heterocycles. The number of anilines is 1. The molecule has 4 rings (SSSR count). The molecular formula is C19H24F3NO2. The average molecular weight is 355 g/mol. The molecule has 1 aliphatic carbocycles. The first-order chi connectivity index (χ1) is 12.0.